The molecule has 1 fully saturated rings. The summed E-state index contributed by atoms with van der Waals surface area (Å²) in [6.07, 6.45) is 3.94. The highest BCUT2D eigenvalue weighted by molar-refractivity contribution is 14.1. The fourth-order valence-electron chi connectivity index (χ4n) is 2.03. The minimum absolute atomic E-state index is 0. The Kier molecular flexibility index (Phi) is 5.75. The number of rotatable bonds is 2. The van der Waals surface area contributed by atoms with Crippen LogP contribution in [0.25, 0.3) is 0 Å². The van der Waals surface area contributed by atoms with E-state index in [1.165, 1.54) is 0 Å². The molecule has 4 nitrogen and oxygen atoms in total. The van der Waals surface area contributed by atoms with E-state index in [1.54, 1.807) is 0 Å². The topological polar surface area (TPSA) is 48.1 Å². The molecule has 17 heavy (non-hydrogen) atoms. The number of likely N-dealkylation sites (tertiary alicyclic amines) is 1. The summed E-state index contributed by atoms with van der Waals surface area (Å²) in [7, 11) is 1.98. The SMILES string of the molecule is CNC1CCN(C(=O)c2cc(I)c[nH]2)CC1.Cl. The zero-order valence-corrected chi connectivity index (χ0v) is 12.7. The van der Waals surface area contributed by atoms with Gasteiger partial charge in [-0.05, 0) is 48.5 Å². The zero-order valence-electron chi connectivity index (χ0n) is 9.70. The quantitative estimate of drug-likeness (QED) is 0.782. The van der Waals surface area contributed by atoms with Crippen molar-refractivity contribution in [2.24, 2.45) is 0 Å². The maximum atomic E-state index is 12.1. The van der Waals surface area contributed by atoms with Gasteiger partial charge in [-0.15, -0.1) is 12.4 Å². The maximum Gasteiger partial charge on any atom is 0.270 e. The van der Waals surface area contributed by atoms with Crippen molar-refractivity contribution in [1.82, 2.24) is 15.2 Å². The minimum Gasteiger partial charge on any atom is -0.356 e. The van der Waals surface area contributed by atoms with Crippen LogP contribution in [0, 0.1) is 3.57 Å². The van der Waals surface area contributed by atoms with Crippen molar-refractivity contribution in [2.45, 2.75) is 18.9 Å². The molecule has 6 heteroatoms. The van der Waals surface area contributed by atoms with Crippen LogP contribution in [0.5, 0.6) is 0 Å². The number of aromatic nitrogens is 1. The molecule has 1 aromatic heterocycles. The van der Waals surface area contributed by atoms with Gasteiger partial charge in [0.2, 0.25) is 0 Å². The van der Waals surface area contributed by atoms with E-state index in [4.69, 9.17) is 0 Å². The Hall–Kier alpha value is -0.270. The van der Waals surface area contributed by atoms with Crippen molar-refractivity contribution < 1.29 is 4.79 Å². The van der Waals surface area contributed by atoms with Crippen LogP contribution >= 0.6 is 35.0 Å². The first-order valence-corrected chi connectivity index (χ1v) is 6.59. The van der Waals surface area contributed by atoms with Crippen LogP contribution < -0.4 is 5.32 Å². The van der Waals surface area contributed by atoms with Crippen molar-refractivity contribution in [2.75, 3.05) is 20.1 Å². The molecule has 0 unspecified atom stereocenters. The molecule has 0 aromatic carbocycles. The van der Waals surface area contributed by atoms with E-state index in [0.717, 1.165) is 29.5 Å². The summed E-state index contributed by atoms with van der Waals surface area (Å²) in [5.74, 6) is 0.123. The Balaban J connectivity index is 0.00000144. The van der Waals surface area contributed by atoms with Crippen LogP contribution in [-0.2, 0) is 0 Å². The van der Waals surface area contributed by atoms with Gasteiger partial charge in [0.25, 0.3) is 5.91 Å². The first-order valence-electron chi connectivity index (χ1n) is 5.51. The monoisotopic (exact) mass is 369 g/mol. The standard InChI is InChI=1S/C11H16IN3O.ClH/c1-13-9-2-4-15(5-3-9)11(16)10-6-8(12)7-14-10;/h6-7,9,13-14H,2-5H2,1H3;1H. The van der Waals surface area contributed by atoms with E-state index in [2.05, 4.69) is 32.9 Å². The number of carbonyl (C=O) groups excluding carboxylic acids is 1. The number of halogens is 2. The van der Waals surface area contributed by atoms with E-state index in [-0.39, 0.29) is 18.3 Å². The van der Waals surface area contributed by atoms with Gasteiger partial charge in [0.1, 0.15) is 5.69 Å². The Morgan fingerprint density at radius 2 is 2.18 bits per heavy atom. The van der Waals surface area contributed by atoms with E-state index in [9.17, 15) is 4.79 Å². The lowest BCUT2D eigenvalue weighted by Gasteiger charge is -2.31. The van der Waals surface area contributed by atoms with Crippen LogP contribution in [0.4, 0.5) is 0 Å². The molecule has 1 aliphatic rings. The molecule has 0 saturated carbocycles. The molecule has 2 N–H and O–H groups in total. The van der Waals surface area contributed by atoms with E-state index in [0.29, 0.717) is 11.7 Å². The highest BCUT2D eigenvalue weighted by Crippen LogP contribution is 2.14. The van der Waals surface area contributed by atoms with Crippen LogP contribution in [0.15, 0.2) is 12.3 Å². The van der Waals surface area contributed by atoms with E-state index < -0.39 is 0 Å². The van der Waals surface area contributed by atoms with E-state index >= 15 is 0 Å². The number of nitrogens with zero attached hydrogens (tertiary/aromatic N) is 1. The second-order valence-corrected chi connectivity index (χ2v) is 5.33. The first kappa shape index (κ1) is 14.8. The minimum atomic E-state index is 0. The molecule has 2 rings (SSSR count). The number of carbonyl (C=O) groups is 1. The van der Waals surface area contributed by atoms with Gasteiger partial charge < -0.3 is 15.2 Å². The third-order valence-corrected chi connectivity index (χ3v) is 3.69. The van der Waals surface area contributed by atoms with Crippen molar-refractivity contribution in [3.63, 3.8) is 0 Å². The predicted molar refractivity (Wildman–Crippen MR) is 78.7 cm³/mol. The number of hydrogen-bond donors (Lipinski definition) is 2. The summed E-state index contributed by atoms with van der Waals surface area (Å²) >= 11 is 2.20. The molecule has 1 aliphatic heterocycles. The Labute approximate surface area is 121 Å². The van der Waals surface area contributed by atoms with Crippen LogP contribution in [0.3, 0.4) is 0 Å². The Morgan fingerprint density at radius 3 is 2.65 bits per heavy atom. The van der Waals surface area contributed by atoms with Gasteiger partial charge in [-0.2, -0.15) is 0 Å². The average Bonchev–Trinajstić information content (AvgIpc) is 2.75. The molecule has 0 atom stereocenters. The fourth-order valence-corrected chi connectivity index (χ4v) is 2.50. The highest BCUT2D eigenvalue weighted by atomic mass is 127. The van der Waals surface area contributed by atoms with E-state index in [1.807, 2.05) is 24.2 Å². The first-order chi connectivity index (χ1) is 7.70. The number of aromatic amines is 1. The summed E-state index contributed by atoms with van der Waals surface area (Å²) in [6.45, 7) is 1.69. The molecule has 0 spiro atoms. The third-order valence-electron chi connectivity index (χ3n) is 3.07. The molecule has 2 heterocycles. The number of amides is 1. The van der Waals surface area contributed by atoms with Gasteiger partial charge in [0.05, 0.1) is 0 Å². The smallest absolute Gasteiger partial charge is 0.270 e. The van der Waals surface area contributed by atoms with Crippen molar-refractivity contribution in [3.8, 4) is 0 Å². The number of nitrogens with one attached hydrogen (secondary N) is 2. The van der Waals surface area contributed by atoms with Gasteiger partial charge in [-0.25, -0.2) is 0 Å². The Bertz CT molecular complexity index is 375. The van der Waals surface area contributed by atoms with Gasteiger partial charge in [0, 0.05) is 28.9 Å². The molecule has 1 amide bonds. The number of piperidine rings is 1. The number of H-pyrrole nitrogens is 1. The zero-order chi connectivity index (χ0) is 11.5. The number of hydrogen-bond acceptors (Lipinski definition) is 2. The molecule has 0 bridgehead atoms. The maximum absolute atomic E-state index is 12.1. The van der Waals surface area contributed by atoms with Gasteiger partial charge in [-0.3, -0.25) is 4.79 Å². The van der Waals surface area contributed by atoms with Crippen molar-refractivity contribution in [3.05, 3.63) is 21.5 Å². The Morgan fingerprint density at radius 1 is 1.53 bits per heavy atom. The fraction of sp³-hybridized carbons (Fsp3) is 0.545. The summed E-state index contributed by atoms with van der Waals surface area (Å²) < 4.78 is 1.08. The lowest BCUT2D eigenvalue weighted by molar-refractivity contribution is 0.0702. The molecule has 0 radical (unpaired) electrons. The summed E-state index contributed by atoms with van der Waals surface area (Å²) in [6, 6.07) is 2.46. The normalized spacial score (nSPS) is 16.7. The second-order valence-electron chi connectivity index (χ2n) is 4.09. The lowest BCUT2D eigenvalue weighted by atomic mass is 10.1. The van der Waals surface area contributed by atoms with Crippen molar-refractivity contribution >= 4 is 40.9 Å². The van der Waals surface area contributed by atoms with Gasteiger partial charge in [-0.1, -0.05) is 0 Å². The third kappa shape index (κ3) is 3.59. The molecule has 1 aromatic rings. The largest absolute Gasteiger partial charge is 0.356 e. The van der Waals surface area contributed by atoms with Crippen LogP contribution in [0.2, 0.25) is 0 Å². The average molecular weight is 370 g/mol. The van der Waals surface area contributed by atoms with Gasteiger partial charge in [0.15, 0.2) is 0 Å². The molecule has 1 saturated heterocycles. The molecule has 96 valence electrons. The summed E-state index contributed by atoms with van der Waals surface area (Å²) in [5.41, 5.74) is 0.701. The highest BCUT2D eigenvalue weighted by Gasteiger charge is 2.23. The van der Waals surface area contributed by atoms with Crippen molar-refractivity contribution in [1.29, 1.82) is 0 Å². The van der Waals surface area contributed by atoms with Crippen LogP contribution in [0.1, 0.15) is 23.3 Å². The van der Waals surface area contributed by atoms with Crippen LogP contribution in [-0.4, -0.2) is 42.0 Å². The molecular formula is C11H17ClIN3O. The lowest BCUT2D eigenvalue weighted by Crippen LogP contribution is -2.44. The molecule has 0 aliphatic carbocycles. The molecular weight excluding hydrogens is 352 g/mol. The van der Waals surface area contributed by atoms with Gasteiger partial charge >= 0.3 is 0 Å². The summed E-state index contributed by atoms with van der Waals surface area (Å²) in [4.78, 5) is 17.0. The predicted octanol–water partition coefficient (Wildman–Crippen LogP) is 1.87. The second kappa shape index (κ2) is 6.61. The summed E-state index contributed by atoms with van der Waals surface area (Å²) in [5, 5.41) is 3.26.